The molecule has 19 heteroatoms. The summed E-state index contributed by atoms with van der Waals surface area (Å²) < 4.78 is 68.6. The summed E-state index contributed by atoms with van der Waals surface area (Å²) in [4.78, 5) is 72.9. The summed E-state index contributed by atoms with van der Waals surface area (Å²) in [6.45, 7) is 14.3. The van der Waals surface area contributed by atoms with Gasteiger partial charge in [0.1, 0.15) is 19.3 Å². The van der Waals surface area contributed by atoms with Gasteiger partial charge in [0.05, 0.1) is 26.4 Å². The van der Waals surface area contributed by atoms with E-state index in [1.165, 1.54) is 199 Å². The first-order valence-electron chi connectivity index (χ1n) is 40.8. The summed E-state index contributed by atoms with van der Waals surface area (Å²) in [6.07, 6.45) is 54.1. The smallest absolute Gasteiger partial charge is 0.462 e. The number of ether oxygens (including phenoxy) is 4. The minimum absolute atomic E-state index is 0.105. The number of aliphatic hydroxyl groups excluding tert-OH is 1. The Morgan fingerprint density at radius 2 is 0.490 bits per heavy atom. The first-order chi connectivity index (χ1) is 47.2. The van der Waals surface area contributed by atoms with E-state index >= 15 is 0 Å². The van der Waals surface area contributed by atoms with Gasteiger partial charge in [-0.2, -0.15) is 0 Å². The fourth-order valence-electron chi connectivity index (χ4n) is 12.0. The van der Waals surface area contributed by atoms with Gasteiger partial charge in [-0.15, -0.1) is 0 Å². The highest BCUT2D eigenvalue weighted by Gasteiger charge is 2.30. The Balaban J connectivity index is 5.20. The van der Waals surface area contributed by atoms with Crippen molar-refractivity contribution in [3.05, 3.63) is 0 Å². The van der Waals surface area contributed by atoms with Crippen LogP contribution in [-0.4, -0.2) is 96.7 Å². The fourth-order valence-corrected chi connectivity index (χ4v) is 13.6. The Hall–Kier alpha value is -1.94. The second kappa shape index (κ2) is 68.2. The topological polar surface area (TPSA) is 237 Å². The van der Waals surface area contributed by atoms with E-state index in [4.69, 9.17) is 37.0 Å². The predicted octanol–water partition coefficient (Wildman–Crippen LogP) is 23.2. The number of carbonyl (C=O) groups is 4. The Bertz CT molecular complexity index is 1930. The lowest BCUT2D eigenvalue weighted by Gasteiger charge is -2.21. The van der Waals surface area contributed by atoms with Crippen molar-refractivity contribution in [2.24, 2.45) is 23.7 Å². The van der Waals surface area contributed by atoms with Gasteiger partial charge in [0.25, 0.3) is 0 Å². The maximum absolute atomic E-state index is 13.1. The maximum atomic E-state index is 13.1. The van der Waals surface area contributed by atoms with Crippen LogP contribution in [-0.2, 0) is 65.4 Å². The number of phosphoric ester groups is 2. The zero-order valence-corrected chi connectivity index (χ0v) is 66.2. The molecule has 17 nitrogen and oxygen atoms in total. The summed E-state index contributed by atoms with van der Waals surface area (Å²) in [6, 6.07) is 0. The van der Waals surface area contributed by atoms with Gasteiger partial charge < -0.3 is 33.8 Å². The molecule has 0 aromatic rings. The lowest BCUT2D eigenvalue weighted by molar-refractivity contribution is -0.161. The van der Waals surface area contributed by atoms with Gasteiger partial charge in [0.15, 0.2) is 12.2 Å². The van der Waals surface area contributed by atoms with E-state index in [1.807, 2.05) is 0 Å². The quantitative estimate of drug-likeness (QED) is 0.0222. The molecule has 0 radical (unpaired) electrons. The molecule has 0 aliphatic rings. The van der Waals surface area contributed by atoms with E-state index in [-0.39, 0.29) is 25.7 Å². The highest BCUT2D eigenvalue weighted by atomic mass is 31.2. The van der Waals surface area contributed by atoms with Crippen LogP contribution < -0.4 is 0 Å². The number of hydrogen-bond donors (Lipinski definition) is 3. The van der Waals surface area contributed by atoms with Gasteiger partial charge in [-0.25, -0.2) is 9.13 Å². The minimum atomic E-state index is -4.96. The number of carbonyl (C=O) groups excluding carboxylic acids is 4. The molecule has 0 aromatic heterocycles. The van der Waals surface area contributed by atoms with Gasteiger partial charge in [-0.05, 0) is 49.4 Å². The predicted molar refractivity (Wildman–Crippen MR) is 400 cm³/mol. The van der Waals surface area contributed by atoms with Gasteiger partial charge in [-0.1, -0.05) is 351 Å². The monoisotopic (exact) mass is 1440 g/mol. The largest absolute Gasteiger partial charge is 0.472 e. The molecule has 0 heterocycles. The highest BCUT2D eigenvalue weighted by molar-refractivity contribution is 7.47. The molecular weight excluding hydrogens is 1280 g/mol. The van der Waals surface area contributed by atoms with Gasteiger partial charge in [0, 0.05) is 25.7 Å². The van der Waals surface area contributed by atoms with Crippen molar-refractivity contribution >= 4 is 39.5 Å². The van der Waals surface area contributed by atoms with Crippen LogP contribution in [0.3, 0.4) is 0 Å². The summed E-state index contributed by atoms with van der Waals surface area (Å²) in [5.41, 5.74) is 0. The number of unbranched alkanes of at least 4 members (excludes halogenated alkanes) is 39. The Labute approximate surface area is 600 Å². The van der Waals surface area contributed by atoms with Crippen molar-refractivity contribution in [2.75, 3.05) is 39.6 Å². The molecular formula is C79H154O17P2. The molecule has 0 spiro atoms. The van der Waals surface area contributed by atoms with E-state index in [0.717, 1.165) is 120 Å². The van der Waals surface area contributed by atoms with E-state index < -0.39 is 97.5 Å². The van der Waals surface area contributed by atoms with E-state index in [2.05, 4.69) is 55.4 Å². The third-order valence-electron chi connectivity index (χ3n) is 19.4. The Morgan fingerprint density at radius 1 is 0.286 bits per heavy atom. The molecule has 0 bridgehead atoms. The normalized spacial score (nSPS) is 14.9. The van der Waals surface area contributed by atoms with Crippen molar-refractivity contribution in [1.82, 2.24) is 0 Å². The zero-order valence-electron chi connectivity index (χ0n) is 64.4. The molecule has 0 aliphatic carbocycles. The lowest BCUT2D eigenvalue weighted by atomic mass is 9.99. The van der Waals surface area contributed by atoms with Crippen LogP contribution in [0.1, 0.15) is 402 Å². The van der Waals surface area contributed by atoms with Crippen molar-refractivity contribution in [3.8, 4) is 0 Å². The molecule has 0 amide bonds. The molecule has 8 atom stereocenters. The summed E-state index contributed by atoms with van der Waals surface area (Å²) in [5, 5.41) is 10.6. The number of hydrogen-bond acceptors (Lipinski definition) is 15. The maximum Gasteiger partial charge on any atom is 0.472 e. The van der Waals surface area contributed by atoms with Crippen molar-refractivity contribution < 1.29 is 80.2 Å². The van der Waals surface area contributed by atoms with Crippen LogP contribution in [0, 0.1) is 23.7 Å². The van der Waals surface area contributed by atoms with E-state index in [0.29, 0.717) is 25.7 Å². The summed E-state index contributed by atoms with van der Waals surface area (Å²) in [5.74, 6) is 1.03. The van der Waals surface area contributed by atoms with Crippen LogP contribution in [0.2, 0.25) is 0 Å². The molecule has 0 aliphatic heterocycles. The first kappa shape index (κ1) is 96.1. The van der Waals surface area contributed by atoms with Crippen LogP contribution in [0.5, 0.6) is 0 Å². The third kappa shape index (κ3) is 68.5. The SMILES string of the molecule is CCC(C)CCCCCCCCCCCCCCCCCCCCC(=O)O[C@H](COC(=O)CCCCCCCCCCCC(C)C)COP(=O)(O)OC[C@@H](O)COP(=O)(O)OC[C@@H](COC(=O)CCCCCCCCC(C)CC)OC(=O)CCCCCCCCCCCCC(C)CC. The van der Waals surface area contributed by atoms with Gasteiger partial charge in [-0.3, -0.25) is 37.3 Å². The van der Waals surface area contributed by atoms with Crippen molar-refractivity contribution in [2.45, 2.75) is 420 Å². The molecule has 3 N–H and O–H groups in total. The Kier molecular flexibility index (Phi) is 66.8. The summed E-state index contributed by atoms with van der Waals surface area (Å²) in [7, 11) is -9.92. The van der Waals surface area contributed by atoms with Crippen molar-refractivity contribution in [1.29, 1.82) is 0 Å². The molecule has 0 rings (SSSR count). The molecule has 0 saturated heterocycles. The van der Waals surface area contributed by atoms with Crippen LogP contribution in [0.15, 0.2) is 0 Å². The first-order valence-corrected chi connectivity index (χ1v) is 43.8. The lowest BCUT2D eigenvalue weighted by Crippen LogP contribution is -2.30. The zero-order chi connectivity index (χ0) is 72.4. The van der Waals surface area contributed by atoms with Crippen molar-refractivity contribution in [3.63, 3.8) is 0 Å². The molecule has 0 aromatic carbocycles. The second-order valence-corrected chi connectivity index (χ2v) is 32.6. The average molecular weight is 1440 g/mol. The molecule has 98 heavy (non-hydrogen) atoms. The summed E-state index contributed by atoms with van der Waals surface area (Å²) >= 11 is 0. The van der Waals surface area contributed by atoms with Gasteiger partial charge >= 0.3 is 39.5 Å². The molecule has 582 valence electrons. The second-order valence-electron chi connectivity index (χ2n) is 29.7. The van der Waals surface area contributed by atoms with Gasteiger partial charge in [0.2, 0.25) is 0 Å². The third-order valence-corrected chi connectivity index (χ3v) is 21.3. The number of phosphoric acid groups is 2. The standard InChI is InChI=1S/C79H154O17P2/c1-9-70(6)56-48-40-32-26-20-18-16-14-12-13-15-17-19-21-28-35-45-53-61-78(83)95-74(65-89-76(81)59-51-43-34-30-24-25-31-39-47-55-69(4)5)67-93-97(85,86)91-63-73(80)64-92-98(87,88)94-68-75(66-90-77(82)60-52-44-38-37-42-50-58-72(8)11-3)96-79(84)62-54-46-36-29-23-22-27-33-41-49-57-71(7)10-2/h69-75,80H,9-68H2,1-8H3,(H,85,86)(H,87,88)/t70?,71?,72?,73-,74-,75-/m1/s1. The van der Waals surface area contributed by atoms with Crippen LogP contribution in [0.4, 0.5) is 0 Å². The average Bonchev–Trinajstić information content (AvgIpc) is 0.931. The van der Waals surface area contributed by atoms with E-state index in [9.17, 15) is 43.2 Å². The number of esters is 4. The van der Waals surface area contributed by atoms with Crippen LogP contribution in [0.25, 0.3) is 0 Å². The van der Waals surface area contributed by atoms with E-state index in [1.54, 1.807) is 0 Å². The number of rotatable bonds is 76. The molecule has 0 fully saturated rings. The molecule has 5 unspecified atom stereocenters. The fraction of sp³-hybridized carbons (Fsp3) is 0.949. The Morgan fingerprint density at radius 3 is 0.724 bits per heavy atom. The highest BCUT2D eigenvalue weighted by Crippen LogP contribution is 2.45. The van der Waals surface area contributed by atoms with Crippen LogP contribution >= 0.6 is 15.6 Å². The molecule has 0 saturated carbocycles. The minimum Gasteiger partial charge on any atom is -0.462 e. The number of aliphatic hydroxyl groups is 1.